The molecule has 2 amide bonds. The summed E-state index contributed by atoms with van der Waals surface area (Å²) in [4.78, 5) is 23.6. The van der Waals surface area contributed by atoms with Crippen molar-refractivity contribution in [3.05, 3.63) is 29.8 Å². The molecule has 6 nitrogen and oxygen atoms in total. The predicted molar refractivity (Wildman–Crippen MR) is 86.5 cm³/mol. The molecule has 0 bridgehead atoms. The number of benzene rings is 1. The first-order valence-corrected chi connectivity index (χ1v) is 7.98. The van der Waals surface area contributed by atoms with Crippen LogP contribution in [0.1, 0.15) is 36.0 Å². The lowest BCUT2D eigenvalue weighted by Gasteiger charge is -2.12. The van der Waals surface area contributed by atoms with Crippen molar-refractivity contribution in [3.8, 4) is 5.75 Å². The number of carbonyl (C=O) groups excluding carboxylic acids is 2. The van der Waals surface area contributed by atoms with Crippen molar-refractivity contribution in [3.63, 3.8) is 0 Å². The van der Waals surface area contributed by atoms with Crippen LogP contribution < -0.4 is 15.4 Å². The third kappa shape index (κ3) is 5.90. The number of ether oxygens (including phenoxy) is 2. The smallest absolute Gasteiger partial charge is 0.258 e. The molecule has 6 heteroatoms. The third-order valence-corrected chi connectivity index (χ3v) is 3.81. The molecule has 0 unspecified atom stereocenters. The first-order chi connectivity index (χ1) is 11.2. The molecule has 0 radical (unpaired) electrons. The maximum atomic E-state index is 12.1. The van der Waals surface area contributed by atoms with Gasteiger partial charge in [-0.1, -0.05) is 12.8 Å². The maximum absolute atomic E-state index is 12.1. The molecule has 0 atom stereocenters. The SMILES string of the molecule is COCCNC(=O)COc1ccc(C(=O)NC2CCCC2)cc1. The van der Waals surface area contributed by atoms with E-state index in [-0.39, 0.29) is 18.4 Å². The van der Waals surface area contributed by atoms with E-state index in [1.807, 2.05) is 0 Å². The molecular weight excluding hydrogens is 296 g/mol. The summed E-state index contributed by atoms with van der Waals surface area (Å²) in [6.45, 7) is 0.868. The van der Waals surface area contributed by atoms with Gasteiger partial charge in [-0.25, -0.2) is 0 Å². The van der Waals surface area contributed by atoms with E-state index < -0.39 is 0 Å². The Bertz CT molecular complexity index is 510. The summed E-state index contributed by atoms with van der Waals surface area (Å²) in [5.74, 6) is 0.301. The normalized spacial score (nSPS) is 14.5. The van der Waals surface area contributed by atoms with Crippen molar-refractivity contribution < 1.29 is 19.1 Å². The quantitative estimate of drug-likeness (QED) is 0.712. The van der Waals surface area contributed by atoms with Crippen LogP contribution in [0.25, 0.3) is 0 Å². The van der Waals surface area contributed by atoms with Gasteiger partial charge in [-0.2, -0.15) is 0 Å². The monoisotopic (exact) mass is 320 g/mol. The van der Waals surface area contributed by atoms with Crippen molar-refractivity contribution in [1.82, 2.24) is 10.6 Å². The number of rotatable bonds is 8. The summed E-state index contributed by atoms with van der Waals surface area (Å²) in [5, 5.41) is 5.71. The fraction of sp³-hybridized carbons (Fsp3) is 0.529. The van der Waals surface area contributed by atoms with Crippen LogP contribution >= 0.6 is 0 Å². The van der Waals surface area contributed by atoms with E-state index in [0.717, 1.165) is 12.8 Å². The number of hydrogen-bond acceptors (Lipinski definition) is 4. The number of amides is 2. The molecule has 0 saturated heterocycles. The zero-order valence-electron chi connectivity index (χ0n) is 13.5. The lowest BCUT2D eigenvalue weighted by atomic mass is 10.1. The highest BCUT2D eigenvalue weighted by molar-refractivity contribution is 5.94. The minimum atomic E-state index is -0.204. The van der Waals surface area contributed by atoms with Gasteiger partial charge < -0.3 is 20.1 Å². The Morgan fingerprint density at radius 3 is 2.52 bits per heavy atom. The maximum Gasteiger partial charge on any atom is 0.258 e. The van der Waals surface area contributed by atoms with Crippen molar-refractivity contribution in [2.24, 2.45) is 0 Å². The van der Waals surface area contributed by atoms with Gasteiger partial charge in [-0.15, -0.1) is 0 Å². The molecular formula is C17H24N2O4. The summed E-state index contributed by atoms with van der Waals surface area (Å²) < 4.78 is 10.2. The van der Waals surface area contributed by atoms with Gasteiger partial charge in [0.2, 0.25) is 0 Å². The van der Waals surface area contributed by atoms with Crippen LogP contribution in [-0.2, 0) is 9.53 Å². The largest absolute Gasteiger partial charge is 0.484 e. The minimum Gasteiger partial charge on any atom is -0.484 e. The molecule has 1 aliphatic rings. The predicted octanol–water partition coefficient (Wildman–Crippen LogP) is 1.50. The Morgan fingerprint density at radius 2 is 1.87 bits per heavy atom. The average molecular weight is 320 g/mol. The van der Waals surface area contributed by atoms with Gasteiger partial charge in [0, 0.05) is 25.3 Å². The summed E-state index contributed by atoms with van der Waals surface area (Å²) in [6.07, 6.45) is 4.49. The molecule has 2 rings (SSSR count). The van der Waals surface area contributed by atoms with Crippen molar-refractivity contribution >= 4 is 11.8 Å². The molecule has 2 N–H and O–H groups in total. The van der Waals surface area contributed by atoms with Crippen molar-refractivity contribution in [1.29, 1.82) is 0 Å². The summed E-state index contributed by atoms with van der Waals surface area (Å²) in [7, 11) is 1.58. The molecule has 1 aliphatic carbocycles. The molecule has 1 aromatic carbocycles. The number of methoxy groups -OCH3 is 1. The Balaban J connectivity index is 1.75. The molecule has 0 spiro atoms. The van der Waals surface area contributed by atoms with Gasteiger partial charge in [0.1, 0.15) is 5.75 Å². The lowest BCUT2D eigenvalue weighted by molar-refractivity contribution is -0.123. The average Bonchev–Trinajstić information content (AvgIpc) is 3.06. The zero-order valence-corrected chi connectivity index (χ0v) is 13.5. The first-order valence-electron chi connectivity index (χ1n) is 7.98. The van der Waals surface area contributed by atoms with E-state index in [1.165, 1.54) is 12.8 Å². The summed E-state index contributed by atoms with van der Waals surface area (Å²) >= 11 is 0. The molecule has 0 aliphatic heterocycles. The van der Waals surface area contributed by atoms with E-state index in [0.29, 0.717) is 30.5 Å². The Kier molecular flexibility index (Phi) is 6.87. The topological polar surface area (TPSA) is 76.7 Å². The minimum absolute atomic E-state index is 0.0549. The standard InChI is InChI=1S/C17H24N2O4/c1-22-11-10-18-16(20)12-23-15-8-6-13(7-9-15)17(21)19-14-4-2-3-5-14/h6-9,14H,2-5,10-12H2,1H3,(H,18,20)(H,19,21). The number of carbonyl (C=O) groups is 2. The highest BCUT2D eigenvalue weighted by Crippen LogP contribution is 2.18. The first kappa shape index (κ1) is 17.3. The Morgan fingerprint density at radius 1 is 1.17 bits per heavy atom. The van der Waals surface area contributed by atoms with Crippen LogP contribution in [0, 0.1) is 0 Å². The molecule has 126 valence electrons. The molecule has 23 heavy (non-hydrogen) atoms. The fourth-order valence-corrected chi connectivity index (χ4v) is 2.53. The van der Waals surface area contributed by atoms with Gasteiger partial charge in [0.05, 0.1) is 6.61 Å². The van der Waals surface area contributed by atoms with Crippen LogP contribution in [0.2, 0.25) is 0 Å². The highest BCUT2D eigenvalue weighted by Gasteiger charge is 2.17. The van der Waals surface area contributed by atoms with Crippen LogP contribution in [0.15, 0.2) is 24.3 Å². The molecule has 1 saturated carbocycles. The third-order valence-electron chi connectivity index (χ3n) is 3.81. The summed E-state index contributed by atoms with van der Waals surface area (Å²) in [6, 6.07) is 7.12. The van der Waals surface area contributed by atoms with Gasteiger partial charge in [-0.05, 0) is 37.1 Å². The van der Waals surface area contributed by atoms with Crippen LogP contribution in [0.4, 0.5) is 0 Å². The fourth-order valence-electron chi connectivity index (χ4n) is 2.53. The van der Waals surface area contributed by atoms with Crippen LogP contribution in [-0.4, -0.2) is 44.7 Å². The Labute approximate surface area is 136 Å². The highest BCUT2D eigenvalue weighted by atomic mass is 16.5. The van der Waals surface area contributed by atoms with E-state index in [9.17, 15) is 9.59 Å². The van der Waals surface area contributed by atoms with Crippen LogP contribution in [0.5, 0.6) is 5.75 Å². The Hall–Kier alpha value is -2.08. The zero-order chi connectivity index (χ0) is 16.5. The second-order valence-electron chi connectivity index (χ2n) is 5.61. The molecule has 1 fully saturated rings. The lowest BCUT2D eigenvalue weighted by Crippen LogP contribution is -2.32. The number of nitrogens with one attached hydrogen (secondary N) is 2. The van der Waals surface area contributed by atoms with Crippen molar-refractivity contribution in [2.75, 3.05) is 26.9 Å². The van der Waals surface area contributed by atoms with E-state index in [2.05, 4.69) is 10.6 Å². The van der Waals surface area contributed by atoms with Gasteiger partial charge in [0.25, 0.3) is 11.8 Å². The van der Waals surface area contributed by atoms with Crippen molar-refractivity contribution in [2.45, 2.75) is 31.7 Å². The number of hydrogen-bond donors (Lipinski definition) is 2. The van der Waals surface area contributed by atoms with Gasteiger partial charge in [-0.3, -0.25) is 9.59 Å². The van der Waals surface area contributed by atoms with Crippen LogP contribution in [0.3, 0.4) is 0 Å². The van der Waals surface area contributed by atoms with E-state index in [4.69, 9.17) is 9.47 Å². The molecule has 0 aromatic heterocycles. The van der Waals surface area contributed by atoms with E-state index >= 15 is 0 Å². The summed E-state index contributed by atoms with van der Waals surface area (Å²) in [5.41, 5.74) is 0.605. The molecule has 1 aromatic rings. The van der Waals surface area contributed by atoms with Gasteiger partial charge >= 0.3 is 0 Å². The van der Waals surface area contributed by atoms with E-state index in [1.54, 1.807) is 31.4 Å². The second kappa shape index (κ2) is 9.15. The molecule has 0 heterocycles. The van der Waals surface area contributed by atoms with Gasteiger partial charge in [0.15, 0.2) is 6.61 Å². The second-order valence-corrected chi connectivity index (χ2v) is 5.61.